The lowest BCUT2D eigenvalue weighted by Crippen LogP contribution is -2.43. The maximum absolute atomic E-state index is 12.3. The first-order chi connectivity index (χ1) is 13.1. The van der Waals surface area contributed by atoms with Crippen molar-refractivity contribution < 1.29 is 19.1 Å². The molecule has 0 radical (unpaired) electrons. The number of carbonyl (C=O) groups is 2. The van der Waals surface area contributed by atoms with Gasteiger partial charge in [-0.05, 0) is 42.6 Å². The van der Waals surface area contributed by atoms with Crippen LogP contribution in [0, 0.1) is 6.92 Å². The molecule has 7 nitrogen and oxygen atoms in total. The van der Waals surface area contributed by atoms with Crippen molar-refractivity contribution >= 4 is 22.7 Å². The first-order valence-corrected chi connectivity index (χ1v) is 8.65. The summed E-state index contributed by atoms with van der Waals surface area (Å²) in [6.45, 7) is 2.99. The molecule has 3 aromatic rings. The van der Waals surface area contributed by atoms with Crippen molar-refractivity contribution in [1.82, 2.24) is 15.4 Å². The molecular weight excluding hydrogens is 346 g/mol. The summed E-state index contributed by atoms with van der Waals surface area (Å²) in [4.78, 5) is 24.6. The lowest BCUT2D eigenvalue weighted by Gasteiger charge is -2.18. The van der Waals surface area contributed by atoms with Crippen molar-refractivity contribution in [1.29, 1.82) is 0 Å². The smallest absolute Gasteiger partial charge is 0.269 e. The first-order valence-electron chi connectivity index (χ1n) is 8.65. The van der Waals surface area contributed by atoms with Crippen molar-refractivity contribution in [2.75, 3.05) is 13.2 Å². The predicted octanol–water partition coefficient (Wildman–Crippen LogP) is 2.18. The van der Waals surface area contributed by atoms with E-state index in [1.807, 2.05) is 41.8 Å². The Morgan fingerprint density at radius 3 is 2.63 bits per heavy atom. The van der Waals surface area contributed by atoms with E-state index in [0.29, 0.717) is 30.3 Å². The number of hydrazine groups is 1. The fourth-order valence-corrected chi connectivity index (χ4v) is 3.12. The number of nitrogens with zero attached hydrogens (tertiary/aromatic N) is 1. The third-order valence-corrected chi connectivity index (χ3v) is 4.44. The molecule has 0 spiro atoms. The topological polar surface area (TPSA) is 81.6 Å². The lowest BCUT2D eigenvalue weighted by atomic mass is 10.2. The molecule has 2 amide bonds. The highest BCUT2D eigenvalue weighted by molar-refractivity contribution is 5.96. The van der Waals surface area contributed by atoms with E-state index in [1.54, 1.807) is 18.2 Å². The molecule has 0 aliphatic carbocycles. The van der Waals surface area contributed by atoms with E-state index >= 15 is 0 Å². The van der Waals surface area contributed by atoms with Gasteiger partial charge in [0.05, 0.1) is 0 Å². The molecule has 1 aromatic heterocycles. The Labute approximate surface area is 155 Å². The first kappa shape index (κ1) is 17.0. The largest absolute Gasteiger partial charge is 0.486 e. The van der Waals surface area contributed by atoms with Crippen LogP contribution in [0.4, 0.5) is 0 Å². The van der Waals surface area contributed by atoms with Crippen LogP contribution in [0.5, 0.6) is 11.5 Å². The number of aromatic nitrogens is 1. The molecule has 4 rings (SSSR count). The number of benzene rings is 2. The Morgan fingerprint density at radius 1 is 1.00 bits per heavy atom. The average Bonchev–Trinajstić information content (AvgIpc) is 3.01. The van der Waals surface area contributed by atoms with E-state index in [9.17, 15) is 9.59 Å². The van der Waals surface area contributed by atoms with Gasteiger partial charge in [-0.3, -0.25) is 20.4 Å². The molecule has 2 heterocycles. The second-order valence-corrected chi connectivity index (χ2v) is 6.29. The molecule has 27 heavy (non-hydrogen) atoms. The van der Waals surface area contributed by atoms with Crippen molar-refractivity contribution in [3.63, 3.8) is 0 Å². The number of aryl methyl sites for hydroxylation is 1. The van der Waals surface area contributed by atoms with E-state index in [2.05, 4.69) is 10.9 Å². The van der Waals surface area contributed by atoms with Crippen LogP contribution in [0.1, 0.15) is 16.1 Å². The van der Waals surface area contributed by atoms with Gasteiger partial charge in [0.15, 0.2) is 11.5 Å². The Balaban J connectivity index is 1.40. The van der Waals surface area contributed by atoms with Crippen LogP contribution in [0.2, 0.25) is 0 Å². The van der Waals surface area contributed by atoms with Crippen LogP contribution in [-0.2, 0) is 11.3 Å². The van der Waals surface area contributed by atoms with E-state index in [1.165, 1.54) is 0 Å². The lowest BCUT2D eigenvalue weighted by molar-refractivity contribution is -0.122. The highest BCUT2D eigenvalue weighted by atomic mass is 16.6. The molecule has 2 aromatic carbocycles. The summed E-state index contributed by atoms with van der Waals surface area (Å²) in [5.74, 6) is 0.395. The Bertz CT molecular complexity index is 1030. The highest BCUT2D eigenvalue weighted by Gasteiger charge is 2.16. The third kappa shape index (κ3) is 3.44. The Kier molecular flexibility index (Phi) is 4.42. The zero-order valence-electron chi connectivity index (χ0n) is 14.8. The number of rotatable bonds is 3. The standard InChI is InChI=1S/C20H19N3O4/c1-13-10-14-4-2-3-5-16(14)23(13)12-19(24)21-22-20(25)15-6-7-17-18(11-15)27-9-8-26-17/h2-7,10-11H,8-9,12H2,1H3,(H,21,24)(H,22,25). The number of amides is 2. The molecule has 0 bridgehead atoms. The fraction of sp³-hybridized carbons (Fsp3) is 0.200. The van der Waals surface area contributed by atoms with Crippen LogP contribution < -0.4 is 20.3 Å². The average molecular weight is 365 g/mol. The van der Waals surface area contributed by atoms with Gasteiger partial charge in [-0.2, -0.15) is 0 Å². The van der Waals surface area contributed by atoms with E-state index in [4.69, 9.17) is 9.47 Å². The molecule has 0 fully saturated rings. The zero-order chi connectivity index (χ0) is 18.8. The van der Waals surface area contributed by atoms with Gasteiger partial charge in [0, 0.05) is 16.8 Å². The second kappa shape index (κ2) is 7.03. The summed E-state index contributed by atoms with van der Waals surface area (Å²) in [6, 6.07) is 14.8. The van der Waals surface area contributed by atoms with Gasteiger partial charge in [-0.1, -0.05) is 18.2 Å². The summed E-state index contributed by atoms with van der Waals surface area (Å²) < 4.78 is 12.8. The normalized spacial score (nSPS) is 12.6. The number of ether oxygens (including phenoxy) is 2. The van der Waals surface area contributed by atoms with Gasteiger partial charge < -0.3 is 14.0 Å². The van der Waals surface area contributed by atoms with Gasteiger partial charge in [-0.15, -0.1) is 0 Å². The number of carbonyl (C=O) groups excluding carboxylic acids is 2. The highest BCUT2D eigenvalue weighted by Crippen LogP contribution is 2.30. The predicted molar refractivity (Wildman–Crippen MR) is 99.7 cm³/mol. The minimum absolute atomic E-state index is 0.112. The van der Waals surface area contributed by atoms with Gasteiger partial charge in [0.25, 0.3) is 11.8 Å². The van der Waals surface area contributed by atoms with E-state index < -0.39 is 5.91 Å². The van der Waals surface area contributed by atoms with Gasteiger partial charge in [0.2, 0.25) is 0 Å². The zero-order valence-corrected chi connectivity index (χ0v) is 14.8. The summed E-state index contributed by atoms with van der Waals surface area (Å²) >= 11 is 0. The molecule has 2 N–H and O–H groups in total. The maximum Gasteiger partial charge on any atom is 0.269 e. The monoisotopic (exact) mass is 365 g/mol. The summed E-state index contributed by atoms with van der Waals surface area (Å²) in [7, 11) is 0. The molecule has 0 unspecified atom stereocenters. The molecule has 0 saturated heterocycles. The van der Waals surface area contributed by atoms with Crippen molar-refractivity contribution in [3.05, 3.63) is 59.8 Å². The number of para-hydroxylation sites is 1. The van der Waals surface area contributed by atoms with E-state index in [0.717, 1.165) is 16.6 Å². The SMILES string of the molecule is Cc1cc2ccccc2n1CC(=O)NNC(=O)c1ccc2c(c1)OCCO2. The Morgan fingerprint density at radius 2 is 1.78 bits per heavy atom. The van der Waals surface area contributed by atoms with Crippen molar-refractivity contribution in [2.24, 2.45) is 0 Å². The fourth-order valence-electron chi connectivity index (χ4n) is 3.12. The number of fused-ring (bicyclic) bond motifs is 2. The van der Waals surface area contributed by atoms with Crippen LogP contribution in [0.3, 0.4) is 0 Å². The van der Waals surface area contributed by atoms with Crippen LogP contribution in [0.15, 0.2) is 48.5 Å². The minimum Gasteiger partial charge on any atom is -0.486 e. The summed E-state index contributed by atoms with van der Waals surface area (Å²) in [5.41, 5.74) is 7.23. The summed E-state index contributed by atoms with van der Waals surface area (Å²) in [5, 5.41) is 1.07. The molecular formula is C20H19N3O4. The van der Waals surface area contributed by atoms with Gasteiger partial charge in [-0.25, -0.2) is 0 Å². The maximum atomic E-state index is 12.3. The molecule has 0 saturated carbocycles. The van der Waals surface area contributed by atoms with Crippen LogP contribution >= 0.6 is 0 Å². The quantitative estimate of drug-likeness (QED) is 0.697. The second-order valence-electron chi connectivity index (χ2n) is 6.29. The van der Waals surface area contributed by atoms with Crippen LogP contribution in [0.25, 0.3) is 10.9 Å². The molecule has 138 valence electrons. The summed E-state index contributed by atoms with van der Waals surface area (Å²) in [6.07, 6.45) is 0. The number of nitrogens with one attached hydrogen (secondary N) is 2. The van der Waals surface area contributed by atoms with Crippen molar-refractivity contribution in [2.45, 2.75) is 13.5 Å². The number of hydrogen-bond acceptors (Lipinski definition) is 4. The van der Waals surface area contributed by atoms with Crippen molar-refractivity contribution in [3.8, 4) is 11.5 Å². The van der Waals surface area contributed by atoms with E-state index in [-0.39, 0.29) is 12.5 Å². The Hall–Kier alpha value is -3.48. The van der Waals surface area contributed by atoms with Gasteiger partial charge >= 0.3 is 0 Å². The molecule has 1 aliphatic heterocycles. The minimum atomic E-state index is -0.422. The van der Waals surface area contributed by atoms with Gasteiger partial charge in [0.1, 0.15) is 19.8 Å². The number of hydrogen-bond donors (Lipinski definition) is 2. The molecule has 1 aliphatic rings. The third-order valence-electron chi connectivity index (χ3n) is 4.44. The molecule has 7 heteroatoms. The van der Waals surface area contributed by atoms with Crippen LogP contribution in [-0.4, -0.2) is 29.6 Å². The molecule has 0 atom stereocenters.